The molecule has 0 spiro atoms. The van der Waals surface area contributed by atoms with E-state index in [0.717, 1.165) is 0 Å². The van der Waals surface area contributed by atoms with E-state index in [-0.39, 0.29) is 12.5 Å². The number of carboxylic acid groups (broad SMARTS) is 1. The zero-order valence-corrected chi connectivity index (χ0v) is 10.2. The minimum absolute atomic E-state index is 0.337. The molecule has 0 radical (unpaired) electrons. The fourth-order valence-corrected chi connectivity index (χ4v) is 1.03. The maximum Gasteiger partial charge on any atom is 0.345 e. The number of ether oxygens (including phenoxy) is 1. The van der Waals surface area contributed by atoms with Crippen LogP contribution in [0.5, 0.6) is 0 Å². The first kappa shape index (κ1) is 14.9. The zero-order chi connectivity index (χ0) is 12.9. The van der Waals surface area contributed by atoms with Crippen molar-refractivity contribution in [2.45, 2.75) is 40.2 Å². The lowest BCUT2D eigenvalue weighted by molar-refractivity contribution is -0.176. The van der Waals surface area contributed by atoms with Crippen molar-refractivity contribution in [3.05, 3.63) is 0 Å². The molecule has 2 atom stereocenters. The second-order valence-electron chi connectivity index (χ2n) is 4.61. The van der Waals surface area contributed by atoms with E-state index in [1.807, 2.05) is 6.92 Å². The van der Waals surface area contributed by atoms with E-state index in [2.05, 4.69) is 0 Å². The molecule has 0 aromatic rings. The third kappa shape index (κ3) is 3.81. The van der Waals surface area contributed by atoms with Crippen molar-refractivity contribution < 1.29 is 24.5 Å². The molecule has 0 aliphatic rings. The van der Waals surface area contributed by atoms with Gasteiger partial charge in [0.05, 0.1) is 12.5 Å². The van der Waals surface area contributed by atoms with Crippen LogP contribution in [0.15, 0.2) is 0 Å². The number of rotatable bonds is 6. The Labute approximate surface area is 95.4 Å². The van der Waals surface area contributed by atoms with Crippen LogP contribution in [-0.4, -0.2) is 34.9 Å². The molecule has 0 amide bonds. The normalized spacial score (nSPS) is 15.3. The van der Waals surface area contributed by atoms with E-state index in [4.69, 9.17) is 14.9 Å². The Kier molecular flexibility index (Phi) is 5.44. The number of hydrogen-bond acceptors (Lipinski definition) is 4. The summed E-state index contributed by atoms with van der Waals surface area (Å²) in [6, 6.07) is 0. The molecule has 2 N–H and O–H groups in total. The van der Waals surface area contributed by atoms with E-state index in [1.54, 1.807) is 6.92 Å². The SMILES string of the molecule is CCC(C)C(=O)OC(C(=O)O)C(C)(C)CO. The Bertz CT molecular complexity index is 259. The molecule has 2 unspecified atom stereocenters. The average Bonchev–Trinajstić information content (AvgIpc) is 2.23. The van der Waals surface area contributed by atoms with Gasteiger partial charge in [0.2, 0.25) is 6.10 Å². The number of aliphatic hydroxyl groups is 1. The van der Waals surface area contributed by atoms with Crippen LogP contribution < -0.4 is 0 Å². The lowest BCUT2D eigenvalue weighted by Gasteiger charge is -2.29. The van der Waals surface area contributed by atoms with E-state index in [0.29, 0.717) is 6.42 Å². The Morgan fingerprint density at radius 3 is 2.19 bits per heavy atom. The first-order valence-electron chi connectivity index (χ1n) is 5.30. The highest BCUT2D eigenvalue weighted by Crippen LogP contribution is 2.24. The first-order valence-corrected chi connectivity index (χ1v) is 5.30. The monoisotopic (exact) mass is 232 g/mol. The van der Waals surface area contributed by atoms with Crippen molar-refractivity contribution >= 4 is 11.9 Å². The molecule has 16 heavy (non-hydrogen) atoms. The number of aliphatic carboxylic acids is 1. The van der Waals surface area contributed by atoms with Crippen LogP contribution in [-0.2, 0) is 14.3 Å². The number of aliphatic hydroxyl groups excluding tert-OH is 1. The van der Waals surface area contributed by atoms with Gasteiger partial charge in [0.25, 0.3) is 0 Å². The standard InChI is InChI=1S/C11H20O5/c1-5-7(2)10(15)16-8(9(13)14)11(3,4)6-12/h7-8,12H,5-6H2,1-4H3,(H,13,14). The highest BCUT2D eigenvalue weighted by molar-refractivity contribution is 5.79. The van der Waals surface area contributed by atoms with Gasteiger partial charge in [0, 0.05) is 5.41 Å². The van der Waals surface area contributed by atoms with Crippen LogP contribution in [0.2, 0.25) is 0 Å². The zero-order valence-electron chi connectivity index (χ0n) is 10.2. The van der Waals surface area contributed by atoms with Gasteiger partial charge in [-0.1, -0.05) is 27.7 Å². The van der Waals surface area contributed by atoms with Crippen LogP contribution in [0.3, 0.4) is 0 Å². The summed E-state index contributed by atoms with van der Waals surface area (Å²) in [6.45, 7) is 6.20. The fraction of sp³-hybridized carbons (Fsp3) is 0.818. The molecule has 0 saturated heterocycles. The molecule has 94 valence electrons. The molecule has 0 aliphatic heterocycles. The molecule has 0 aromatic carbocycles. The predicted octanol–water partition coefficient (Wildman–Crippen LogP) is 1.05. The van der Waals surface area contributed by atoms with E-state index in [1.165, 1.54) is 13.8 Å². The third-order valence-electron chi connectivity index (χ3n) is 2.59. The third-order valence-corrected chi connectivity index (χ3v) is 2.59. The molecule has 0 aromatic heterocycles. The van der Waals surface area contributed by atoms with Crippen LogP contribution in [0, 0.1) is 11.3 Å². The summed E-state index contributed by atoms with van der Waals surface area (Å²) in [5, 5.41) is 18.0. The minimum atomic E-state index is -1.32. The van der Waals surface area contributed by atoms with Gasteiger partial charge in [-0.2, -0.15) is 0 Å². The van der Waals surface area contributed by atoms with Crippen molar-refractivity contribution in [2.75, 3.05) is 6.61 Å². The smallest absolute Gasteiger partial charge is 0.345 e. The van der Waals surface area contributed by atoms with Gasteiger partial charge in [0.1, 0.15) is 0 Å². The van der Waals surface area contributed by atoms with Gasteiger partial charge in [-0.25, -0.2) is 4.79 Å². The molecule has 0 saturated carbocycles. The number of carboxylic acids is 1. The topological polar surface area (TPSA) is 83.8 Å². The second kappa shape index (κ2) is 5.84. The molecule has 0 fully saturated rings. The Balaban J connectivity index is 4.72. The molecule has 5 nitrogen and oxygen atoms in total. The number of carbonyl (C=O) groups is 2. The summed E-state index contributed by atoms with van der Waals surface area (Å²) >= 11 is 0. The van der Waals surface area contributed by atoms with Crippen molar-refractivity contribution in [1.29, 1.82) is 0 Å². The maximum atomic E-state index is 11.5. The van der Waals surface area contributed by atoms with Gasteiger partial charge in [0.15, 0.2) is 0 Å². The quantitative estimate of drug-likeness (QED) is 0.669. The summed E-state index contributed by atoms with van der Waals surface area (Å²) in [5.74, 6) is -2.12. The van der Waals surface area contributed by atoms with Gasteiger partial charge in [-0.05, 0) is 6.42 Å². The number of carbonyl (C=O) groups excluding carboxylic acids is 1. The molecule has 0 bridgehead atoms. The molecule has 0 aliphatic carbocycles. The molecular weight excluding hydrogens is 212 g/mol. The van der Waals surface area contributed by atoms with E-state index >= 15 is 0 Å². The fourth-order valence-electron chi connectivity index (χ4n) is 1.03. The summed E-state index contributed by atoms with van der Waals surface area (Å²) in [5.41, 5.74) is -0.991. The summed E-state index contributed by atoms with van der Waals surface area (Å²) in [4.78, 5) is 22.4. The predicted molar refractivity (Wildman–Crippen MR) is 57.8 cm³/mol. The molecular formula is C11H20O5. The molecule has 5 heteroatoms. The van der Waals surface area contributed by atoms with Gasteiger partial charge < -0.3 is 14.9 Å². The first-order chi connectivity index (χ1) is 7.26. The lowest BCUT2D eigenvalue weighted by atomic mass is 9.87. The van der Waals surface area contributed by atoms with E-state index < -0.39 is 23.5 Å². The summed E-state index contributed by atoms with van der Waals surface area (Å²) in [7, 11) is 0. The van der Waals surface area contributed by atoms with Gasteiger partial charge in [-0.15, -0.1) is 0 Å². The van der Waals surface area contributed by atoms with Crippen molar-refractivity contribution in [3.63, 3.8) is 0 Å². The summed E-state index contributed by atoms with van der Waals surface area (Å²) < 4.78 is 4.92. The van der Waals surface area contributed by atoms with Crippen LogP contribution in [0.1, 0.15) is 34.1 Å². The number of esters is 1. The molecule has 0 rings (SSSR count). The highest BCUT2D eigenvalue weighted by atomic mass is 16.6. The van der Waals surface area contributed by atoms with Crippen LogP contribution in [0.4, 0.5) is 0 Å². The van der Waals surface area contributed by atoms with Crippen LogP contribution >= 0.6 is 0 Å². The molecule has 0 heterocycles. The van der Waals surface area contributed by atoms with Crippen molar-refractivity contribution in [1.82, 2.24) is 0 Å². The maximum absolute atomic E-state index is 11.5. The van der Waals surface area contributed by atoms with Crippen LogP contribution in [0.25, 0.3) is 0 Å². The van der Waals surface area contributed by atoms with Gasteiger partial charge in [-0.3, -0.25) is 4.79 Å². The number of hydrogen-bond donors (Lipinski definition) is 2. The largest absolute Gasteiger partial charge is 0.478 e. The van der Waals surface area contributed by atoms with Crippen molar-refractivity contribution in [3.8, 4) is 0 Å². The Hall–Kier alpha value is -1.10. The van der Waals surface area contributed by atoms with E-state index in [9.17, 15) is 9.59 Å². The average molecular weight is 232 g/mol. The minimum Gasteiger partial charge on any atom is -0.478 e. The highest BCUT2D eigenvalue weighted by Gasteiger charge is 2.38. The lowest BCUT2D eigenvalue weighted by Crippen LogP contribution is -2.43. The van der Waals surface area contributed by atoms with Gasteiger partial charge >= 0.3 is 11.9 Å². The van der Waals surface area contributed by atoms with Crippen molar-refractivity contribution in [2.24, 2.45) is 11.3 Å². The Morgan fingerprint density at radius 1 is 1.38 bits per heavy atom. The second-order valence-corrected chi connectivity index (χ2v) is 4.61. The summed E-state index contributed by atoms with van der Waals surface area (Å²) in [6.07, 6.45) is -0.732. The Morgan fingerprint density at radius 2 is 1.88 bits per heavy atom.